The summed E-state index contributed by atoms with van der Waals surface area (Å²) >= 11 is 0. The fourth-order valence-corrected chi connectivity index (χ4v) is 3.31. The summed E-state index contributed by atoms with van der Waals surface area (Å²) in [7, 11) is 2.17. The second-order valence-electron chi connectivity index (χ2n) is 7.22. The molecule has 2 aromatic carbocycles. The summed E-state index contributed by atoms with van der Waals surface area (Å²) in [5.74, 6) is 1.34. The van der Waals surface area contributed by atoms with Gasteiger partial charge >= 0.3 is 0 Å². The third-order valence-electron chi connectivity index (χ3n) is 4.94. The first-order valence-corrected chi connectivity index (χ1v) is 9.63. The largest absolute Gasteiger partial charge is 0.369 e. The first-order chi connectivity index (χ1) is 13.7. The van der Waals surface area contributed by atoms with E-state index in [2.05, 4.69) is 80.8 Å². The summed E-state index contributed by atoms with van der Waals surface area (Å²) < 4.78 is 0. The molecule has 0 aliphatic carbocycles. The lowest BCUT2D eigenvalue weighted by molar-refractivity contribution is 0.313. The SMILES string of the molecule is Cc1cccc(Nc2nccc(Nc3ccc(N4CCN(C)CC4)cc3)n2)c1. The Bertz CT molecular complexity index is 916. The van der Waals surface area contributed by atoms with Gasteiger partial charge in [0, 0.05) is 49.4 Å². The van der Waals surface area contributed by atoms with Gasteiger partial charge in [0.1, 0.15) is 5.82 Å². The summed E-state index contributed by atoms with van der Waals surface area (Å²) in [6.07, 6.45) is 1.76. The zero-order chi connectivity index (χ0) is 19.3. The maximum absolute atomic E-state index is 4.56. The molecule has 0 spiro atoms. The second kappa shape index (κ2) is 8.27. The highest BCUT2D eigenvalue weighted by atomic mass is 15.2. The fourth-order valence-electron chi connectivity index (χ4n) is 3.31. The first kappa shape index (κ1) is 18.3. The molecular formula is C22H26N6. The monoisotopic (exact) mass is 374 g/mol. The number of hydrogen-bond acceptors (Lipinski definition) is 6. The number of aromatic nitrogens is 2. The highest BCUT2D eigenvalue weighted by Gasteiger charge is 2.14. The van der Waals surface area contributed by atoms with Crippen molar-refractivity contribution in [3.05, 3.63) is 66.4 Å². The van der Waals surface area contributed by atoms with E-state index >= 15 is 0 Å². The fraction of sp³-hybridized carbons (Fsp3) is 0.273. The van der Waals surface area contributed by atoms with Gasteiger partial charge in [0.25, 0.3) is 0 Å². The first-order valence-electron chi connectivity index (χ1n) is 9.63. The molecule has 2 N–H and O–H groups in total. The highest BCUT2D eigenvalue weighted by molar-refractivity contribution is 5.62. The number of nitrogens with one attached hydrogen (secondary N) is 2. The van der Waals surface area contributed by atoms with Gasteiger partial charge in [-0.2, -0.15) is 4.98 Å². The van der Waals surface area contributed by atoms with E-state index in [1.54, 1.807) is 6.20 Å². The zero-order valence-corrected chi connectivity index (χ0v) is 16.4. The summed E-state index contributed by atoms with van der Waals surface area (Å²) in [6, 6.07) is 18.6. The molecule has 1 aliphatic rings. The van der Waals surface area contributed by atoms with Crippen LogP contribution in [-0.4, -0.2) is 48.1 Å². The van der Waals surface area contributed by atoms with Crippen molar-refractivity contribution in [3.8, 4) is 0 Å². The van der Waals surface area contributed by atoms with Gasteiger partial charge in [-0.3, -0.25) is 0 Å². The molecule has 0 amide bonds. The number of anilines is 5. The van der Waals surface area contributed by atoms with Gasteiger partial charge in [-0.15, -0.1) is 0 Å². The Morgan fingerprint density at radius 2 is 1.64 bits per heavy atom. The van der Waals surface area contributed by atoms with Crippen LogP contribution in [0, 0.1) is 6.92 Å². The van der Waals surface area contributed by atoms with Crippen molar-refractivity contribution in [2.45, 2.75) is 6.92 Å². The standard InChI is InChI=1S/C22H26N6/c1-17-4-3-5-19(16-17)25-22-23-11-10-21(26-22)24-18-6-8-20(9-7-18)28-14-12-27(2)13-15-28/h3-11,16H,12-15H2,1-2H3,(H2,23,24,25,26). The lowest BCUT2D eigenvalue weighted by atomic mass is 10.2. The normalized spacial score (nSPS) is 14.7. The molecule has 6 heteroatoms. The molecule has 4 rings (SSSR count). The van der Waals surface area contributed by atoms with Gasteiger partial charge in [-0.1, -0.05) is 12.1 Å². The van der Waals surface area contributed by atoms with Crippen LogP contribution < -0.4 is 15.5 Å². The molecule has 28 heavy (non-hydrogen) atoms. The molecule has 2 heterocycles. The predicted octanol–water partition coefficient (Wildman–Crippen LogP) is 4.02. The van der Waals surface area contributed by atoms with Gasteiger partial charge in [0.2, 0.25) is 5.95 Å². The minimum Gasteiger partial charge on any atom is -0.369 e. The topological polar surface area (TPSA) is 56.3 Å². The Balaban J connectivity index is 1.41. The number of piperazine rings is 1. The third kappa shape index (κ3) is 4.58. The lowest BCUT2D eigenvalue weighted by Crippen LogP contribution is -2.44. The molecule has 0 bridgehead atoms. The zero-order valence-electron chi connectivity index (χ0n) is 16.4. The van der Waals surface area contributed by atoms with Crippen molar-refractivity contribution < 1.29 is 0 Å². The van der Waals surface area contributed by atoms with Crippen LogP contribution in [0.25, 0.3) is 0 Å². The second-order valence-corrected chi connectivity index (χ2v) is 7.22. The molecule has 0 saturated carbocycles. The van der Waals surface area contributed by atoms with Gasteiger partial charge in [0.05, 0.1) is 0 Å². The number of rotatable bonds is 5. The van der Waals surface area contributed by atoms with Crippen molar-refractivity contribution >= 4 is 28.8 Å². The number of likely N-dealkylation sites (N-methyl/N-ethyl adjacent to an activating group) is 1. The van der Waals surface area contributed by atoms with Crippen molar-refractivity contribution in [2.75, 3.05) is 48.8 Å². The Morgan fingerprint density at radius 1 is 0.857 bits per heavy atom. The minimum absolute atomic E-state index is 0.574. The summed E-state index contributed by atoms with van der Waals surface area (Å²) in [6.45, 7) is 6.43. The van der Waals surface area contributed by atoms with E-state index in [1.807, 2.05) is 18.2 Å². The number of nitrogens with zero attached hydrogens (tertiary/aromatic N) is 4. The maximum atomic E-state index is 4.56. The number of aryl methyl sites for hydroxylation is 1. The van der Waals surface area contributed by atoms with Crippen LogP contribution in [0.4, 0.5) is 28.8 Å². The smallest absolute Gasteiger partial charge is 0.229 e. The van der Waals surface area contributed by atoms with Crippen molar-refractivity contribution in [2.24, 2.45) is 0 Å². The number of benzene rings is 2. The van der Waals surface area contributed by atoms with Crippen LogP contribution in [0.1, 0.15) is 5.56 Å². The van der Waals surface area contributed by atoms with Crippen molar-refractivity contribution in [1.29, 1.82) is 0 Å². The van der Waals surface area contributed by atoms with Gasteiger partial charge < -0.3 is 20.4 Å². The van der Waals surface area contributed by atoms with Crippen LogP contribution in [0.5, 0.6) is 0 Å². The van der Waals surface area contributed by atoms with Crippen LogP contribution in [-0.2, 0) is 0 Å². The van der Waals surface area contributed by atoms with Gasteiger partial charge in [-0.05, 0) is 62.0 Å². The van der Waals surface area contributed by atoms with Gasteiger partial charge in [0.15, 0.2) is 0 Å². The van der Waals surface area contributed by atoms with E-state index < -0.39 is 0 Å². The molecule has 6 nitrogen and oxygen atoms in total. The molecule has 1 aromatic heterocycles. The Labute approximate surface area is 166 Å². The van der Waals surface area contributed by atoms with Crippen LogP contribution in [0.15, 0.2) is 60.8 Å². The predicted molar refractivity (Wildman–Crippen MR) is 116 cm³/mol. The van der Waals surface area contributed by atoms with Crippen LogP contribution in [0.2, 0.25) is 0 Å². The van der Waals surface area contributed by atoms with Crippen LogP contribution >= 0.6 is 0 Å². The molecule has 0 unspecified atom stereocenters. The van der Waals surface area contributed by atoms with E-state index in [-0.39, 0.29) is 0 Å². The van der Waals surface area contributed by atoms with E-state index in [4.69, 9.17) is 0 Å². The van der Waals surface area contributed by atoms with E-state index in [9.17, 15) is 0 Å². The maximum Gasteiger partial charge on any atom is 0.229 e. The van der Waals surface area contributed by atoms with Crippen LogP contribution in [0.3, 0.4) is 0 Å². The number of hydrogen-bond donors (Lipinski definition) is 2. The lowest BCUT2D eigenvalue weighted by Gasteiger charge is -2.34. The summed E-state index contributed by atoms with van der Waals surface area (Å²) in [4.78, 5) is 13.7. The van der Waals surface area contributed by atoms with Crippen molar-refractivity contribution in [1.82, 2.24) is 14.9 Å². The molecular weight excluding hydrogens is 348 g/mol. The Hall–Kier alpha value is -3.12. The molecule has 1 aliphatic heterocycles. The quantitative estimate of drug-likeness (QED) is 0.703. The highest BCUT2D eigenvalue weighted by Crippen LogP contribution is 2.22. The van der Waals surface area contributed by atoms with Crippen molar-refractivity contribution in [3.63, 3.8) is 0 Å². The average molecular weight is 374 g/mol. The molecule has 0 atom stereocenters. The van der Waals surface area contributed by atoms with E-state index in [1.165, 1.54) is 11.3 Å². The molecule has 0 radical (unpaired) electrons. The molecule has 144 valence electrons. The minimum atomic E-state index is 0.574. The average Bonchev–Trinajstić information content (AvgIpc) is 2.70. The summed E-state index contributed by atoms with van der Waals surface area (Å²) in [5, 5.41) is 6.61. The summed E-state index contributed by atoms with van der Waals surface area (Å²) in [5.41, 5.74) is 4.45. The Morgan fingerprint density at radius 3 is 2.39 bits per heavy atom. The van der Waals surface area contributed by atoms with Gasteiger partial charge in [-0.25, -0.2) is 4.98 Å². The van der Waals surface area contributed by atoms with E-state index in [0.29, 0.717) is 5.95 Å². The molecule has 1 fully saturated rings. The third-order valence-corrected chi connectivity index (χ3v) is 4.94. The molecule has 3 aromatic rings. The van der Waals surface area contributed by atoms with E-state index in [0.717, 1.165) is 43.4 Å². The molecule has 1 saturated heterocycles. The Kier molecular flexibility index (Phi) is 5.39.